The zero-order valence-electron chi connectivity index (χ0n) is 10.7. The number of hydrogen-bond donors (Lipinski definition) is 0. The zero-order valence-corrected chi connectivity index (χ0v) is 10.7. The Bertz CT molecular complexity index is 251. The molecule has 1 fully saturated rings. The summed E-state index contributed by atoms with van der Waals surface area (Å²) in [4.78, 5) is 25.0. The molecule has 3 heteroatoms. The Morgan fingerprint density at radius 1 is 1.38 bits per heavy atom. The normalized spacial score (nSPS) is 17.9. The Morgan fingerprint density at radius 2 is 1.94 bits per heavy atom. The molecule has 1 aliphatic rings. The van der Waals surface area contributed by atoms with Crippen molar-refractivity contribution in [3.63, 3.8) is 0 Å². The molecule has 3 nitrogen and oxygen atoms in total. The molecule has 0 saturated heterocycles. The van der Waals surface area contributed by atoms with E-state index in [4.69, 9.17) is 0 Å². The van der Waals surface area contributed by atoms with Gasteiger partial charge in [-0.2, -0.15) is 0 Å². The molecule has 0 heterocycles. The van der Waals surface area contributed by atoms with E-state index in [1.54, 1.807) is 0 Å². The fourth-order valence-corrected chi connectivity index (χ4v) is 2.06. The van der Waals surface area contributed by atoms with Gasteiger partial charge in [-0.25, -0.2) is 0 Å². The molecule has 0 unspecified atom stereocenters. The minimum atomic E-state index is 0.0925. The molecule has 16 heavy (non-hydrogen) atoms. The summed E-state index contributed by atoms with van der Waals surface area (Å²) in [7, 11) is 1.88. The van der Waals surface area contributed by atoms with Gasteiger partial charge in [0.05, 0.1) is 0 Å². The molecular formula is C13H23NO2. The molecule has 0 aromatic rings. The minimum Gasteiger partial charge on any atom is -0.346 e. The number of rotatable bonds is 4. The Balaban J connectivity index is 2.35. The lowest BCUT2D eigenvalue weighted by Crippen LogP contribution is -2.36. The van der Waals surface area contributed by atoms with Crippen molar-refractivity contribution in [3.05, 3.63) is 0 Å². The van der Waals surface area contributed by atoms with Gasteiger partial charge in [0.2, 0.25) is 5.91 Å². The highest BCUT2D eigenvalue weighted by Crippen LogP contribution is 2.23. The average Bonchev–Trinajstić information content (AvgIpc) is 2.26. The van der Waals surface area contributed by atoms with Crippen LogP contribution in [0.25, 0.3) is 0 Å². The van der Waals surface area contributed by atoms with E-state index in [0.29, 0.717) is 24.5 Å². The monoisotopic (exact) mass is 225 g/mol. The van der Waals surface area contributed by atoms with Crippen LogP contribution in [0.1, 0.15) is 46.0 Å². The third-order valence-electron chi connectivity index (χ3n) is 3.31. The second-order valence-corrected chi connectivity index (χ2v) is 5.26. The number of nitrogens with zero attached hydrogens (tertiary/aromatic N) is 1. The number of Topliss-reactive ketones (excluding diaryl/α,β-unsaturated/α-hetero) is 1. The van der Waals surface area contributed by atoms with Gasteiger partial charge in [-0.3, -0.25) is 9.59 Å². The molecule has 0 radical (unpaired) electrons. The van der Waals surface area contributed by atoms with Gasteiger partial charge in [0.15, 0.2) is 0 Å². The molecule has 0 spiro atoms. The second-order valence-electron chi connectivity index (χ2n) is 5.26. The number of carbonyl (C=O) groups excluding carboxylic acids is 2. The van der Waals surface area contributed by atoms with Crippen LogP contribution in [0.2, 0.25) is 0 Å². The minimum absolute atomic E-state index is 0.0925. The molecule has 0 aromatic carbocycles. The van der Waals surface area contributed by atoms with Crippen molar-refractivity contribution in [2.45, 2.75) is 46.0 Å². The van der Waals surface area contributed by atoms with E-state index in [1.807, 2.05) is 11.9 Å². The molecule has 0 atom stereocenters. The van der Waals surface area contributed by atoms with Crippen molar-refractivity contribution in [3.8, 4) is 0 Å². The average molecular weight is 225 g/mol. The Labute approximate surface area is 98.2 Å². The summed E-state index contributed by atoms with van der Waals surface area (Å²) in [5, 5.41) is 0. The highest BCUT2D eigenvalue weighted by molar-refractivity contribution is 5.84. The molecule has 0 bridgehead atoms. The van der Waals surface area contributed by atoms with E-state index in [0.717, 1.165) is 25.8 Å². The first-order chi connectivity index (χ1) is 7.50. The first kappa shape index (κ1) is 13.2. The van der Waals surface area contributed by atoms with Gasteiger partial charge in [0.1, 0.15) is 5.78 Å². The van der Waals surface area contributed by atoms with Crippen LogP contribution in [0, 0.1) is 11.8 Å². The Morgan fingerprint density at radius 3 is 2.44 bits per heavy atom. The molecule has 92 valence electrons. The van der Waals surface area contributed by atoms with Crippen molar-refractivity contribution < 1.29 is 9.59 Å². The summed E-state index contributed by atoms with van der Waals surface area (Å²) in [6.45, 7) is 5.16. The lowest BCUT2D eigenvalue weighted by Gasteiger charge is -2.26. The molecule has 0 N–H and O–H groups in total. The summed E-state index contributed by atoms with van der Waals surface area (Å²) in [5.74, 6) is 1.26. The molecule has 0 aromatic heterocycles. The van der Waals surface area contributed by atoms with Crippen LogP contribution in [-0.4, -0.2) is 30.2 Å². The summed E-state index contributed by atoms with van der Waals surface area (Å²) in [6, 6.07) is 0. The number of ketones is 1. The molecular weight excluding hydrogens is 202 g/mol. The SMILES string of the molecule is CC(C)CCN(C)C(=O)C1CCC(=O)CC1. The van der Waals surface area contributed by atoms with Gasteiger partial charge >= 0.3 is 0 Å². The maximum atomic E-state index is 12.0. The van der Waals surface area contributed by atoms with Crippen molar-refractivity contribution >= 4 is 11.7 Å². The highest BCUT2D eigenvalue weighted by Gasteiger charge is 2.26. The van der Waals surface area contributed by atoms with E-state index in [-0.39, 0.29) is 11.8 Å². The number of hydrogen-bond acceptors (Lipinski definition) is 2. The molecule has 1 amide bonds. The standard InChI is InChI=1S/C13H23NO2/c1-10(2)8-9-14(3)13(16)11-4-6-12(15)7-5-11/h10-11H,4-9H2,1-3H3. The van der Waals surface area contributed by atoms with Crippen molar-refractivity contribution in [1.82, 2.24) is 4.90 Å². The quantitative estimate of drug-likeness (QED) is 0.736. The van der Waals surface area contributed by atoms with E-state index in [1.165, 1.54) is 0 Å². The first-order valence-electron chi connectivity index (χ1n) is 6.27. The highest BCUT2D eigenvalue weighted by atomic mass is 16.2. The molecule has 0 aliphatic heterocycles. The van der Waals surface area contributed by atoms with E-state index in [9.17, 15) is 9.59 Å². The lowest BCUT2D eigenvalue weighted by molar-refractivity contribution is -0.136. The maximum Gasteiger partial charge on any atom is 0.225 e. The summed E-state index contributed by atoms with van der Waals surface area (Å²) < 4.78 is 0. The van der Waals surface area contributed by atoms with Gasteiger partial charge in [-0.05, 0) is 25.2 Å². The van der Waals surface area contributed by atoms with Gasteiger partial charge in [-0.15, -0.1) is 0 Å². The van der Waals surface area contributed by atoms with Crippen LogP contribution in [0.15, 0.2) is 0 Å². The lowest BCUT2D eigenvalue weighted by atomic mass is 9.87. The van der Waals surface area contributed by atoms with Crippen LogP contribution < -0.4 is 0 Å². The van der Waals surface area contributed by atoms with E-state index < -0.39 is 0 Å². The fourth-order valence-electron chi connectivity index (χ4n) is 2.06. The predicted molar refractivity (Wildman–Crippen MR) is 64.1 cm³/mol. The largest absolute Gasteiger partial charge is 0.346 e. The molecule has 1 aliphatic carbocycles. The predicted octanol–water partition coefficient (Wildman–Crippen LogP) is 2.25. The second kappa shape index (κ2) is 6.02. The van der Waals surface area contributed by atoms with Crippen LogP contribution >= 0.6 is 0 Å². The molecule has 1 saturated carbocycles. The summed E-state index contributed by atoms with van der Waals surface area (Å²) >= 11 is 0. The van der Waals surface area contributed by atoms with Crippen LogP contribution in [0.3, 0.4) is 0 Å². The summed E-state index contributed by atoms with van der Waals surface area (Å²) in [6.07, 6.45) is 3.74. The van der Waals surface area contributed by atoms with Crippen molar-refractivity contribution in [1.29, 1.82) is 0 Å². The van der Waals surface area contributed by atoms with Crippen LogP contribution in [-0.2, 0) is 9.59 Å². The third kappa shape index (κ3) is 3.95. The van der Waals surface area contributed by atoms with Crippen molar-refractivity contribution in [2.75, 3.05) is 13.6 Å². The van der Waals surface area contributed by atoms with Gasteiger partial charge < -0.3 is 4.90 Å². The van der Waals surface area contributed by atoms with Crippen LogP contribution in [0.5, 0.6) is 0 Å². The first-order valence-corrected chi connectivity index (χ1v) is 6.27. The topological polar surface area (TPSA) is 37.4 Å². The van der Waals surface area contributed by atoms with Gasteiger partial charge in [0, 0.05) is 32.4 Å². The Hall–Kier alpha value is -0.860. The Kier molecular flexibility index (Phi) is 4.97. The van der Waals surface area contributed by atoms with E-state index >= 15 is 0 Å². The van der Waals surface area contributed by atoms with Crippen molar-refractivity contribution in [2.24, 2.45) is 11.8 Å². The fraction of sp³-hybridized carbons (Fsp3) is 0.846. The number of amides is 1. The molecule has 1 rings (SSSR count). The van der Waals surface area contributed by atoms with Crippen LogP contribution in [0.4, 0.5) is 0 Å². The zero-order chi connectivity index (χ0) is 12.1. The van der Waals surface area contributed by atoms with Gasteiger partial charge in [0.25, 0.3) is 0 Å². The smallest absolute Gasteiger partial charge is 0.225 e. The third-order valence-corrected chi connectivity index (χ3v) is 3.31. The number of carbonyl (C=O) groups is 2. The summed E-state index contributed by atoms with van der Waals surface area (Å²) in [5.41, 5.74) is 0. The van der Waals surface area contributed by atoms with E-state index in [2.05, 4.69) is 13.8 Å². The maximum absolute atomic E-state index is 12.0. The van der Waals surface area contributed by atoms with Gasteiger partial charge in [-0.1, -0.05) is 13.8 Å².